The molecule has 1 heterocycles. The molecule has 4 heteroatoms. The summed E-state index contributed by atoms with van der Waals surface area (Å²) in [4.78, 5) is 1.29. The molecular formula is C10H17BrClNS. The quantitative estimate of drug-likeness (QED) is 0.885. The monoisotopic (exact) mass is 297 g/mol. The van der Waals surface area contributed by atoms with E-state index in [2.05, 4.69) is 42.8 Å². The van der Waals surface area contributed by atoms with Crippen molar-refractivity contribution in [3.63, 3.8) is 0 Å². The Labute approximate surface area is 105 Å². The first kappa shape index (κ1) is 14.4. The Kier molecular flexibility index (Phi) is 6.30. The van der Waals surface area contributed by atoms with Crippen LogP contribution in [-0.2, 0) is 0 Å². The Morgan fingerprint density at radius 3 is 2.43 bits per heavy atom. The van der Waals surface area contributed by atoms with E-state index in [1.807, 2.05) is 0 Å². The molecule has 0 saturated heterocycles. The van der Waals surface area contributed by atoms with Crippen LogP contribution in [0.5, 0.6) is 0 Å². The second-order valence-electron chi connectivity index (χ2n) is 3.84. The van der Waals surface area contributed by atoms with Gasteiger partial charge in [0.15, 0.2) is 0 Å². The molecule has 0 fully saturated rings. The molecule has 1 aromatic rings. The van der Waals surface area contributed by atoms with Crippen molar-refractivity contribution in [2.24, 2.45) is 11.7 Å². The fourth-order valence-corrected chi connectivity index (χ4v) is 2.88. The average molecular weight is 299 g/mol. The van der Waals surface area contributed by atoms with Crippen molar-refractivity contribution in [3.05, 3.63) is 20.3 Å². The van der Waals surface area contributed by atoms with Gasteiger partial charge in [0, 0.05) is 10.9 Å². The number of aryl methyl sites for hydroxylation is 1. The normalized spacial score (nSPS) is 12.7. The summed E-state index contributed by atoms with van der Waals surface area (Å²) in [5.74, 6) is 0.663. The summed E-state index contributed by atoms with van der Waals surface area (Å²) < 4.78 is 1.21. The Hall–Kier alpha value is 0.430. The lowest BCUT2D eigenvalue weighted by atomic mass is 10.0. The molecule has 1 atom stereocenters. The van der Waals surface area contributed by atoms with Crippen molar-refractivity contribution in [1.29, 1.82) is 0 Å². The Balaban J connectivity index is 0.00000169. The first-order valence-electron chi connectivity index (χ1n) is 4.52. The number of hydrogen-bond donors (Lipinski definition) is 1. The predicted octanol–water partition coefficient (Wildman–Crippen LogP) is 4.29. The van der Waals surface area contributed by atoms with E-state index in [1.54, 1.807) is 11.3 Å². The summed E-state index contributed by atoms with van der Waals surface area (Å²) in [5, 5.41) is 0. The van der Waals surface area contributed by atoms with Crippen molar-refractivity contribution in [1.82, 2.24) is 0 Å². The van der Waals surface area contributed by atoms with E-state index in [1.165, 1.54) is 14.2 Å². The molecule has 1 nitrogen and oxygen atoms in total. The molecular weight excluding hydrogens is 282 g/mol. The highest BCUT2D eigenvalue weighted by molar-refractivity contribution is 9.11. The highest BCUT2D eigenvalue weighted by atomic mass is 79.9. The summed E-state index contributed by atoms with van der Waals surface area (Å²) in [6.07, 6.45) is 1.06. The first-order chi connectivity index (χ1) is 6.00. The molecule has 1 rings (SSSR count). The summed E-state index contributed by atoms with van der Waals surface area (Å²) in [7, 11) is 0. The zero-order valence-corrected chi connectivity index (χ0v) is 11.9. The maximum atomic E-state index is 6.07. The SMILES string of the molecule is Cc1cc([C@H](N)CC(C)C)sc1Br.Cl. The van der Waals surface area contributed by atoms with Gasteiger partial charge in [-0.25, -0.2) is 0 Å². The minimum absolute atomic E-state index is 0. The van der Waals surface area contributed by atoms with Gasteiger partial charge in [0.1, 0.15) is 0 Å². The summed E-state index contributed by atoms with van der Waals surface area (Å²) >= 11 is 5.27. The lowest BCUT2D eigenvalue weighted by molar-refractivity contribution is 0.515. The largest absolute Gasteiger partial charge is 0.323 e. The second-order valence-corrected chi connectivity index (χ2v) is 6.24. The summed E-state index contributed by atoms with van der Waals surface area (Å²) in [6.45, 7) is 6.51. The van der Waals surface area contributed by atoms with Crippen LogP contribution in [0.4, 0.5) is 0 Å². The van der Waals surface area contributed by atoms with E-state index in [0.717, 1.165) is 6.42 Å². The van der Waals surface area contributed by atoms with E-state index >= 15 is 0 Å². The van der Waals surface area contributed by atoms with E-state index in [0.29, 0.717) is 5.92 Å². The van der Waals surface area contributed by atoms with E-state index in [4.69, 9.17) is 5.73 Å². The van der Waals surface area contributed by atoms with Crippen LogP contribution in [-0.4, -0.2) is 0 Å². The number of thiophene rings is 1. The van der Waals surface area contributed by atoms with Gasteiger partial charge < -0.3 is 5.73 Å². The van der Waals surface area contributed by atoms with Crippen LogP contribution in [0.1, 0.15) is 36.8 Å². The van der Waals surface area contributed by atoms with Crippen molar-refractivity contribution >= 4 is 39.7 Å². The topological polar surface area (TPSA) is 26.0 Å². The fraction of sp³-hybridized carbons (Fsp3) is 0.600. The van der Waals surface area contributed by atoms with Gasteiger partial charge in [-0.3, -0.25) is 0 Å². The third-order valence-corrected chi connectivity index (χ3v) is 4.24. The van der Waals surface area contributed by atoms with Gasteiger partial charge in [0.2, 0.25) is 0 Å². The molecule has 0 spiro atoms. The highest BCUT2D eigenvalue weighted by Gasteiger charge is 2.12. The molecule has 0 aliphatic carbocycles. The highest BCUT2D eigenvalue weighted by Crippen LogP contribution is 2.32. The molecule has 0 bridgehead atoms. The Morgan fingerprint density at radius 1 is 1.50 bits per heavy atom. The molecule has 0 radical (unpaired) electrons. The molecule has 14 heavy (non-hydrogen) atoms. The third-order valence-electron chi connectivity index (χ3n) is 1.97. The zero-order valence-electron chi connectivity index (χ0n) is 8.71. The zero-order chi connectivity index (χ0) is 10.0. The van der Waals surface area contributed by atoms with Gasteiger partial charge in [-0.1, -0.05) is 13.8 Å². The van der Waals surface area contributed by atoms with Crippen LogP contribution in [0.25, 0.3) is 0 Å². The Bertz CT molecular complexity index is 266. The lowest BCUT2D eigenvalue weighted by Crippen LogP contribution is -2.11. The smallest absolute Gasteiger partial charge is 0.0731 e. The third kappa shape index (κ3) is 3.89. The summed E-state index contributed by atoms with van der Waals surface area (Å²) in [5.41, 5.74) is 7.36. The Morgan fingerprint density at radius 2 is 2.07 bits per heavy atom. The van der Waals surface area contributed by atoms with E-state index < -0.39 is 0 Å². The van der Waals surface area contributed by atoms with Crippen LogP contribution in [0.3, 0.4) is 0 Å². The van der Waals surface area contributed by atoms with Gasteiger partial charge in [-0.2, -0.15) is 0 Å². The molecule has 0 aromatic carbocycles. The molecule has 0 unspecified atom stereocenters. The number of nitrogens with two attached hydrogens (primary N) is 1. The fourth-order valence-electron chi connectivity index (χ4n) is 1.29. The van der Waals surface area contributed by atoms with Crippen molar-refractivity contribution in [2.45, 2.75) is 33.2 Å². The van der Waals surface area contributed by atoms with Gasteiger partial charge in [0.05, 0.1) is 3.79 Å². The molecule has 0 amide bonds. The molecule has 0 aliphatic rings. The van der Waals surface area contributed by atoms with Crippen LogP contribution < -0.4 is 5.73 Å². The summed E-state index contributed by atoms with van der Waals surface area (Å²) in [6, 6.07) is 2.39. The van der Waals surface area contributed by atoms with Crippen molar-refractivity contribution in [2.75, 3.05) is 0 Å². The second kappa shape index (κ2) is 6.11. The van der Waals surface area contributed by atoms with Crippen LogP contribution in [0.2, 0.25) is 0 Å². The maximum absolute atomic E-state index is 6.07. The lowest BCUT2D eigenvalue weighted by Gasteiger charge is -2.11. The van der Waals surface area contributed by atoms with Crippen LogP contribution in [0.15, 0.2) is 9.85 Å². The standard InChI is InChI=1S/C10H16BrNS.ClH/c1-6(2)4-8(12)9-5-7(3)10(11)13-9;/h5-6,8H,4,12H2,1-3H3;1H/t8-;/m1./s1. The average Bonchev–Trinajstić information content (AvgIpc) is 2.31. The van der Waals surface area contributed by atoms with Gasteiger partial charge in [0.25, 0.3) is 0 Å². The molecule has 2 N–H and O–H groups in total. The number of rotatable bonds is 3. The minimum atomic E-state index is 0. The van der Waals surface area contributed by atoms with E-state index in [-0.39, 0.29) is 18.4 Å². The van der Waals surface area contributed by atoms with Crippen molar-refractivity contribution in [3.8, 4) is 0 Å². The number of hydrogen-bond acceptors (Lipinski definition) is 2. The minimum Gasteiger partial charge on any atom is -0.323 e. The van der Waals surface area contributed by atoms with Crippen molar-refractivity contribution < 1.29 is 0 Å². The van der Waals surface area contributed by atoms with E-state index in [9.17, 15) is 0 Å². The molecule has 1 aromatic heterocycles. The predicted molar refractivity (Wildman–Crippen MR) is 70.4 cm³/mol. The molecule has 0 saturated carbocycles. The van der Waals surface area contributed by atoms with Crippen LogP contribution in [0, 0.1) is 12.8 Å². The van der Waals surface area contributed by atoms with Gasteiger partial charge >= 0.3 is 0 Å². The van der Waals surface area contributed by atoms with Gasteiger partial charge in [-0.05, 0) is 46.8 Å². The van der Waals surface area contributed by atoms with Crippen LogP contribution >= 0.6 is 39.7 Å². The maximum Gasteiger partial charge on any atom is 0.0731 e. The van der Waals surface area contributed by atoms with Gasteiger partial charge in [-0.15, -0.1) is 23.7 Å². The number of halogens is 2. The first-order valence-corrected chi connectivity index (χ1v) is 6.13. The molecule has 0 aliphatic heterocycles. The molecule has 82 valence electrons.